The van der Waals surface area contributed by atoms with E-state index in [1.165, 1.54) is 5.01 Å². The maximum atomic E-state index is 12.8. The number of benzene rings is 2. The summed E-state index contributed by atoms with van der Waals surface area (Å²) in [7, 11) is 3.98. The van der Waals surface area contributed by atoms with Crippen LogP contribution in [-0.2, 0) is 9.59 Å². The number of carboxylic acid groups (broad SMARTS) is 1. The van der Waals surface area contributed by atoms with Crippen molar-refractivity contribution in [1.82, 2.24) is 5.01 Å². The zero-order valence-electron chi connectivity index (χ0n) is 16.5. The van der Waals surface area contributed by atoms with Crippen LogP contribution in [0.3, 0.4) is 0 Å². The molecule has 0 saturated carbocycles. The van der Waals surface area contributed by atoms with Gasteiger partial charge >= 0.3 is 5.97 Å². The molecular weight excluding hydrogens is 434 g/mol. The third kappa shape index (κ3) is 5.23. The smallest absolute Gasteiger partial charge is 0.303 e. The Labute approximate surface area is 179 Å². The predicted molar refractivity (Wildman–Crippen MR) is 117 cm³/mol. The molecule has 2 aromatic carbocycles. The van der Waals surface area contributed by atoms with Crippen molar-refractivity contribution >= 4 is 39.2 Å². The van der Waals surface area contributed by atoms with Gasteiger partial charge in [-0.2, -0.15) is 5.10 Å². The molecule has 0 spiro atoms. The second-order valence-corrected chi connectivity index (χ2v) is 8.16. The summed E-state index contributed by atoms with van der Waals surface area (Å²) in [6.07, 6.45) is 1.05. The molecule has 1 amide bonds. The highest BCUT2D eigenvalue weighted by molar-refractivity contribution is 9.10. The van der Waals surface area contributed by atoms with E-state index in [2.05, 4.69) is 21.0 Å². The minimum atomic E-state index is -0.895. The average Bonchev–Trinajstić information content (AvgIpc) is 3.13. The third-order valence-electron chi connectivity index (χ3n) is 4.90. The molecule has 29 heavy (non-hydrogen) atoms. The Kier molecular flexibility index (Phi) is 6.69. The van der Waals surface area contributed by atoms with E-state index >= 15 is 0 Å². The molecule has 0 aromatic heterocycles. The van der Waals surface area contributed by atoms with E-state index in [4.69, 9.17) is 5.11 Å². The fraction of sp³-hybridized carbons (Fsp3) is 0.318. The van der Waals surface area contributed by atoms with Gasteiger partial charge in [0, 0.05) is 43.5 Å². The summed E-state index contributed by atoms with van der Waals surface area (Å²) >= 11 is 3.49. The first kappa shape index (κ1) is 21.0. The molecule has 3 rings (SSSR count). The minimum Gasteiger partial charge on any atom is -0.481 e. The maximum Gasteiger partial charge on any atom is 0.303 e. The van der Waals surface area contributed by atoms with E-state index in [9.17, 15) is 9.59 Å². The first-order valence-corrected chi connectivity index (χ1v) is 10.3. The molecule has 0 bridgehead atoms. The highest BCUT2D eigenvalue weighted by Gasteiger charge is 2.32. The Morgan fingerprint density at radius 2 is 1.90 bits per heavy atom. The Morgan fingerprint density at radius 1 is 1.17 bits per heavy atom. The number of hydrogen-bond donors (Lipinski definition) is 1. The van der Waals surface area contributed by atoms with E-state index < -0.39 is 5.97 Å². The predicted octanol–water partition coefficient (Wildman–Crippen LogP) is 4.45. The number of carboxylic acids is 1. The molecule has 1 aliphatic rings. The Bertz CT molecular complexity index is 925. The van der Waals surface area contributed by atoms with Crippen LogP contribution in [-0.4, -0.2) is 41.8 Å². The van der Waals surface area contributed by atoms with Gasteiger partial charge in [-0.1, -0.05) is 40.2 Å². The summed E-state index contributed by atoms with van der Waals surface area (Å²) in [6.45, 7) is 0. The van der Waals surface area contributed by atoms with Gasteiger partial charge in [0.05, 0.1) is 11.8 Å². The van der Waals surface area contributed by atoms with Crippen LogP contribution in [0.25, 0.3) is 0 Å². The molecule has 152 valence electrons. The SMILES string of the molecule is CN(C)c1ccc(C2=NN(C(=O)CCCC(=O)O)C(c3cccc(Br)c3)C2)cc1. The fourth-order valence-electron chi connectivity index (χ4n) is 3.35. The molecular formula is C22H24BrN3O3. The minimum absolute atomic E-state index is 0.0241. The molecule has 1 unspecified atom stereocenters. The zero-order chi connectivity index (χ0) is 21.0. The number of nitrogens with zero attached hydrogens (tertiary/aromatic N) is 3. The normalized spacial score (nSPS) is 15.9. The second kappa shape index (κ2) is 9.22. The van der Waals surface area contributed by atoms with Crippen molar-refractivity contribution in [3.05, 3.63) is 64.1 Å². The van der Waals surface area contributed by atoms with Gasteiger partial charge < -0.3 is 10.0 Å². The van der Waals surface area contributed by atoms with Crippen molar-refractivity contribution in [1.29, 1.82) is 0 Å². The molecule has 1 N–H and O–H groups in total. The van der Waals surface area contributed by atoms with Crippen molar-refractivity contribution in [2.75, 3.05) is 19.0 Å². The van der Waals surface area contributed by atoms with Crippen molar-refractivity contribution < 1.29 is 14.7 Å². The second-order valence-electron chi connectivity index (χ2n) is 7.25. The number of halogens is 1. The van der Waals surface area contributed by atoms with Crippen molar-refractivity contribution in [3.8, 4) is 0 Å². The van der Waals surface area contributed by atoms with Crippen LogP contribution in [0.15, 0.2) is 58.1 Å². The van der Waals surface area contributed by atoms with Crippen LogP contribution in [0.1, 0.15) is 42.9 Å². The Morgan fingerprint density at radius 3 is 2.52 bits per heavy atom. The fourth-order valence-corrected chi connectivity index (χ4v) is 3.76. The Hall–Kier alpha value is -2.67. The van der Waals surface area contributed by atoms with E-state index in [0.29, 0.717) is 12.8 Å². The number of aliphatic carboxylic acids is 1. The van der Waals surface area contributed by atoms with Gasteiger partial charge in [-0.15, -0.1) is 0 Å². The van der Waals surface area contributed by atoms with E-state index in [0.717, 1.165) is 27.0 Å². The summed E-state index contributed by atoms with van der Waals surface area (Å²) in [5.74, 6) is -1.05. The number of hydrazone groups is 1. The van der Waals surface area contributed by atoms with Crippen LogP contribution in [0.5, 0.6) is 0 Å². The first-order valence-electron chi connectivity index (χ1n) is 9.49. The summed E-state index contributed by atoms with van der Waals surface area (Å²) in [5.41, 5.74) is 3.93. The number of hydrogen-bond acceptors (Lipinski definition) is 4. The van der Waals surface area contributed by atoms with Gasteiger partial charge in [0.15, 0.2) is 0 Å². The van der Waals surface area contributed by atoms with E-state index in [1.54, 1.807) is 0 Å². The van der Waals surface area contributed by atoms with E-state index in [1.807, 2.05) is 67.5 Å². The molecule has 0 saturated heterocycles. The van der Waals surface area contributed by atoms with Crippen molar-refractivity contribution in [2.24, 2.45) is 5.10 Å². The first-order chi connectivity index (χ1) is 13.8. The van der Waals surface area contributed by atoms with Crippen molar-refractivity contribution in [3.63, 3.8) is 0 Å². The van der Waals surface area contributed by atoms with Crippen molar-refractivity contribution in [2.45, 2.75) is 31.7 Å². The van der Waals surface area contributed by atoms with Gasteiger partial charge in [0.1, 0.15) is 0 Å². The monoisotopic (exact) mass is 457 g/mol. The number of carbonyl (C=O) groups is 2. The summed E-state index contributed by atoms with van der Waals surface area (Å²) in [6, 6.07) is 15.8. The Balaban J connectivity index is 1.86. The number of amides is 1. The van der Waals surface area contributed by atoms with Gasteiger partial charge in [-0.3, -0.25) is 9.59 Å². The molecule has 1 atom stereocenters. The number of anilines is 1. The highest BCUT2D eigenvalue weighted by Crippen LogP contribution is 2.34. The highest BCUT2D eigenvalue weighted by atomic mass is 79.9. The van der Waals surface area contributed by atoms with E-state index in [-0.39, 0.29) is 24.8 Å². The van der Waals surface area contributed by atoms with Gasteiger partial charge in [-0.25, -0.2) is 5.01 Å². The van der Waals surface area contributed by atoms with Gasteiger partial charge in [0.25, 0.3) is 0 Å². The third-order valence-corrected chi connectivity index (χ3v) is 5.39. The lowest BCUT2D eigenvalue weighted by Gasteiger charge is -2.22. The van der Waals surface area contributed by atoms with Gasteiger partial charge in [-0.05, 0) is 41.8 Å². The van der Waals surface area contributed by atoms with Crippen LogP contribution >= 0.6 is 15.9 Å². The lowest BCUT2D eigenvalue weighted by atomic mass is 9.98. The maximum absolute atomic E-state index is 12.8. The molecule has 0 radical (unpaired) electrons. The molecule has 1 aliphatic heterocycles. The van der Waals surface area contributed by atoms with Crippen LogP contribution < -0.4 is 4.90 Å². The lowest BCUT2D eigenvalue weighted by molar-refractivity contribution is -0.137. The number of carbonyl (C=O) groups excluding carboxylic acids is 1. The topological polar surface area (TPSA) is 73.2 Å². The van der Waals surface area contributed by atoms with Crippen LogP contribution in [0, 0.1) is 0 Å². The molecule has 7 heteroatoms. The van der Waals surface area contributed by atoms with Gasteiger partial charge in [0.2, 0.25) is 5.91 Å². The molecule has 6 nitrogen and oxygen atoms in total. The standard InChI is InChI=1S/C22H24BrN3O3/c1-25(2)18-11-9-15(10-12-18)19-14-20(16-5-3-6-17(23)13-16)26(24-19)21(27)7-4-8-22(28)29/h3,5-6,9-13,20H,4,7-8,14H2,1-2H3,(H,28,29). The summed E-state index contributed by atoms with van der Waals surface area (Å²) in [5, 5.41) is 15.0. The number of rotatable bonds is 7. The van der Waals surface area contributed by atoms with Crippen LogP contribution in [0.4, 0.5) is 5.69 Å². The van der Waals surface area contributed by atoms with Crippen LogP contribution in [0.2, 0.25) is 0 Å². The molecule has 0 aliphatic carbocycles. The molecule has 1 heterocycles. The average molecular weight is 458 g/mol. The molecule has 2 aromatic rings. The summed E-state index contributed by atoms with van der Waals surface area (Å²) < 4.78 is 0.942. The zero-order valence-corrected chi connectivity index (χ0v) is 18.1. The quantitative estimate of drug-likeness (QED) is 0.666. The largest absolute Gasteiger partial charge is 0.481 e. The summed E-state index contributed by atoms with van der Waals surface area (Å²) in [4.78, 5) is 25.6. The molecule has 0 fully saturated rings. The lowest BCUT2D eigenvalue weighted by Crippen LogP contribution is -2.27.